The number of morpholine rings is 1. The number of thioether (sulfide) groups is 1. The molecule has 2 heterocycles. The summed E-state index contributed by atoms with van der Waals surface area (Å²) in [5, 5.41) is -0.823. The van der Waals surface area contributed by atoms with Gasteiger partial charge in [0.2, 0.25) is 5.91 Å². The van der Waals surface area contributed by atoms with Crippen LogP contribution in [-0.2, 0) is 28.1 Å². The minimum atomic E-state index is -1.13. The van der Waals surface area contributed by atoms with Crippen molar-refractivity contribution >= 4 is 22.9 Å². The highest BCUT2D eigenvalue weighted by Crippen LogP contribution is 2.48. The van der Waals surface area contributed by atoms with Gasteiger partial charge in [0.25, 0.3) is 5.24 Å². The number of carbonyl (C=O) groups excluding carboxylic acids is 2. The van der Waals surface area contributed by atoms with Crippen LogP contribution in [0.5, 0.6) is 11.5 Å². The zero-order valence-electron chi connectivity index (χ0n) is 33.8. The summed E-state index contributed by atoms with van der Waals surface area (Å²) in [7, 11) is 0. The van der Waals surface area contributed by atoms with Gasteiger partial charge in [0.1, 0.15) is 30.3 Å². The van der Waals surface area contributed by atoms with Crippen LogP contribution in [0.4, 0.5) is 4.79 Å². The van der Waals surface area contributed by atoms with Gasteiger partial charge in [0.05, 0.1) is 18.0 Å². The average Bonchev–Trinajstić information content (AvgIpc) is 3.56. The highest BCUT2D eigenvalue weighted by Gasteiger charge is 2.54. The lowest BCUT2D eigenvalue weighted by molar-refractivity contribution is -0.129. The van der Waals surface area contributed by atoms with Crippen molar-refractivity contribution in [3.8, 4) is 11.5 Å². The van der Waals surface area contributed by atoms with Crippen LogP contribution in [0.25, 0.3) is 0 Å². The van der Waals surface area contributed by atoms with E-state index < -0.39 is 10.8 Å². The number of benzene rings is 6. The number of nitrogens with zero attached hydrogens (tertiary/aromatic N) is 2. The Morgan fingerprint density at radius 3 is 1.81 bits per heavy atom. The van der Waals surface area contributed by atoms with Crippen LogP contribution in [0, 0.1) is 13.8 Å². The molecule has 6 aromatic carbocycles. The molecule has 7 nitrogen and oxygen atoms in total. The molecule has 0 spiro atoms. The largest absolute Gasteiger partial charge is 0.492 e. The summed E-state index contributed by atoms with van der Waals surface area (Å²) < 4.78 is 18.8. The molecule has 3 atom stereocenters. The lowest BCUT2D eigenvalue weighted by Crippen LogP contribution is -2.51. The van der Waals surface area contributed by atoms with E-state index in [9.17, 15) is 9.59 Å². The van der Waals surface area contributed by atoms with Crippen molar-refractivity contribution in [3.05, 3.63) is 202 Å². The highest BCUT2D eigenvalue weighted by molar-refractivity contribution is 8.15. The number of carbonyl (C=O) groups is 2. The van der Waals surface area contributed by atoms with Crippen LogP contribution < -0.4 is 9.47 Å². The van der Waals surface area contributed by atoms with Gasteiger partial charge >= 0.3 is 0 Å². The number of aryl methyl sites for hydroxylation is 2. The molecular weight excluding hydrogens is 753 g/mol. The quantitative estimate of drug-likeness (QED) is 0.102. The van der Waals surface area contributed by atoms with Gasteiger partial charge in [0.15, 0.2) is 0 Å². The second kappa shape index (κ2) is 18.1. The Labute approximate surface area is 351 Å². The van der Waals surface area contributed by atoms with E-state index >= 15 is 0 Å². The fourth-order valence-electron chi connectivity index (χ4n) is 8.47. The maximum atomic E-state index is 14.6. The molecule has 0 N–H and O–H groups in total. The van der Waals surface area contributed by atoms with Crippen LogP contribution in [-0.4, -0.2) is 58.5 Å². The fraction of sp³-hybridized carbons (Fsp3) is 0.255. The van der Waals surface area contributed by atoms with Gasteiger partial charge in [-0.3, -0.25) is 19.4 Å². The smallest absolute Gasteiger partial charge is 0.290 e. The Morgan fingerprint density at radius 1 is 0.712 bits per heavy atom. The molecule has 6 aromatic rings. The highest BCUT2D eigenvalue weighted by atomic mass is 32.2. The number of amides is 2. The molecule has 8 rings (SSSR count). The molecule has 3 unspecified atom stereocenters. The monoisotopic (exact) mass is 802 g/mol. The minimum absolute atomic E-state index is 0.0386. The van der Waals surface area contributed by atoms with Gasteiger partial charge in [-0.15, -0.1) is 0 Å². The van der Waals surface area contributed by atoms with Crippen molar-refractivity contribution in [2.45, 2.75) is 56.7 Å². The van der Waals surface area contributed by atoms with E-state index in [1.807, 2.05) is 133 Å². The zero-order chi connectivity index (χ0) is 40.8. The summed E-state index contributed by atoms with van der Waals surface area (Å²) in [4.78, 5) is 32.6. The van der Waals surface area contributed by atoms with Crippen molar-refractivity contribution in [3.63, 3.8) is 0 Å². The molecule has 0 aromatic heterocycles. The van der Waals surface area contributed by atoms with Gasteiger partial charge in [-0.1, -0.05) is 145 Å². The Kier molecular flexibility index (Phi) is 12.3. The summed E-state index contributed by atoms with van der Waals surface area (Å²) in [5.74, 6) is 1.49. The predicted octanol–water partition coefficient (Wildman–Crippen LogP) is 10.3. The van der Waals surface area contributed by atoms with Crippen LogP contribution in [0.1, 0.15) is 57.5 Å². The molecule has 2 saturated heterocycles. The lowest BCUT2D eigenvalue weighted by atomic mass is 9.75. The number of hydrogen-bond donors (Lipinski definition) is 0. The summed E-state index contributed by atoms with van der Waals surface area (Å²) >= 11 is 1.11. The third-order valence-electron chi connectivity index (χ3n) is 11.5. The van der Waals surface area contributed by atoms with Gasteiger partial charge in [-0.2, -0.15) is 0 Å². The molecule has 2 amide bonds. The van der Waals surface area contributed by atoms with Crippen LogP contribution >= 0.6 is 11.8 Å². The van der Waals surface area contributed by atoms with Crippen molar-refractivity contribution in [2.24, 2.45) is 0 Å². The Bertz CT molecular complexity index is 2220. The predicted molar refractivity (Wildman–Crippen MR) is 235 cm³/mol. The summed E-state index contributed by atoms with van der Waals surface area (Å²) in [6, 6.07) is 52.3. The number of imide groups is 1. The average molecular weight is 803 g/mol. The molecule has 2 aliphatic heterocycles. The normalized spacial score (nSPS) is 17.8. The number of hydrogen-bond acceptors (Lipinski definition) is 7. The SMILES string of the molecule is Cc1cc(C2CN(C(C)COc3ccc(CC4SC(=O)N(C(c5ccccc5)(c5ccccc5)c5ccccc5)C4=O)cc3)CCO2)cc(C)c1OCc1ccccc1. The third kappa shape index (κ3) is 8.58. The van der Waals surface area contributed by atoms with E-state index in [0.29, 0.717) is 26.2 Å². The maximum absolute atomic E-state index is 14.6. The topological polar surface area (TPSA) is 68.3 Å². The first-order chi connectivity index (χ1) is 28.8. The fourth-order valence-corrected chi connectivity index (χ4v) is 9.53. The van der Waals surface area contributed by atoms with E-state index in [1.165, 1.54) is 4.90 Å². The summed E-state index contributed by atoms with van der Waals surface area (Å²) in [6.07, 6.45) is 0.383. The molecule has 300 valence electrons. The first-order valence-corrected chi connectivity index (χ1v) is 21.3. The zero-order valence-corrected chi connectivity index (χ0v) is 34.6. The maximum Gasteiger partial charge on any atom is 0.290 e. The second-order valence-corrected chi connectivity index (χ2v) is 16.6. The van der Waals surface area contributed by atoms with E-state index in [1.54, 1.807) is 0 Å². The molecule has 0 aliphatic carbocycles. The molecule has 0 saturated carbocycles. The second-order valence-electron chi connectivity index (χ2n) is 15.5. The third-order valence-corrected chi connectivity index (χ3v) is 12.5. The molecule has 0 radical (unpaired) electrons. The van der Waals surface area contributed by atoms with Gasteiger partial charge in [0, 0.05) is 19.1 Å². The standard InChI is InChI=1S/C51H50N2O5S/c1-36-30-41(31-37(2)48(36)58-35-40-16-8-4-9-17-40)46-33-52(28-29-56-46)38(3)34-57-45-26-24-39(25-27-45)32-47-49(54)53(50(55)59-47)51(42-18-10-5-11-19-42,43-20-12-6-13-21-43)44-22-14-7-15-23-44/h4-27,30-31,38,46-47H,28-29,32-35H2,1-3H3. The van der Waals surface area contributed by atoms with Crippen molar-refractivity contribution in [1.29, 1.82) is 0 Å². The van der Waals surface area contributed by atoms with E-state index in [-0.39, 0.29) is 23.3 Å². The van der Waals surface area contributed by atoms with E-state index in [2.05, 4.69) is 49.9 Å². The Morgan fingerprint density at radius 2 is 1.25 bits per heavy atom. The van der Waals surface area contributed by atoms with Gasteiger partial charge < -0.3 is 14.2 Å². The molecule has 0 bridgehead atoms. The van der Waals surface area contributed by atoms with Crippen LogP contribution in [0.15, 0.2) is 158 Å². The number of rotatable bonds is 14. The molecule has 59 heavy (non-hydrogen) atoms. The van der Waals surface area contributed by atoms with Gasteiger partial charge in [-0.05, 0) is 96.0 Å². The number of ether oxygens (including phenoxy) is 3. The Hall–Kier alpha value is -5.67. The molecule has 2 fully saturated rings. The van der Waals surface area contributed by atoms with Crippen molar-refractivity contribution in [1.82, 2.24) is 9.80 Å². The van der Waals surface area contributed by atoms with Crippen LogP contribution in [0.3, 0.4) is 0 Å². The molecule has 2 aliphatic rings. The van der Waals surface area contributed by atoms with Crippen LogP contribution in [0.2, 0.25) is 0 Å². The van der Waals surface area contributed by atoms with Crippen molar-refractivity contribution < 1.29 is 23.8 Å². The lowest BCUT2D eigenvalue weighted by Gasteiger charge is -2.42. The summed E-state index contributed by atoms with van der Waals surface area (Å²) in [6.45, 7) is 9.72. The van der Waals surface area contributed by atoms with E-state index in [0.717, 1.165) is 80.9 Å². The first-order valence-electron chi connectivity index (χ1n) is 20.4. The van der Waals surface area contributed by atoms with Gasteiger partial charge in [-0.25, -0.2) is 0 Å². The molecule has 8 heteroatoms. The van der Waals surface area contributed by atoms with Crippen molar-refractivity contribution in [2.75, 3.05) is 26.3 Å². The molecular formula is C51H50N2O5S. The van der Waals surface area contributed by atoms with E-state index in [4.69, 9.17) is 14.2 Å². The summed E-state index contributed by atoms with van der Waals surface area (Å²) in [5.41, 5.74) is 6.92. The Balaban J connectivity index is 0.907. The first kappa shape index (κ1) is 40.1. The minimum Gasteiger partial charge on any atom is -0.492 e.